The van der Waals surface area contributed by atoms with Gasteiger partial charge in [0.25, 0.3) is 0 Å². The molecule has 4 heteroatoms. The van der Waals surface area contributed by atoms with Crippen molar-refractivity contribution in [1.29, 1.82) is 0 Å². The maximum absolute atomic E-state index is 12.9. The summed E-state index contributed by atoms with van der Waals surface area (Å²) in [4.78, 5) is 15.2. The van der Waals surface area contributed by atoms with Crippen molar-refractivity contribution < 1.29 is 14.3 Å². The summed E-state index contributed by atoms with van der Waals surface area (Å²) in [5.41, 5.74) is 4.61. The van der Waals surface area contributed by atoms with Crippen LogP contribution in [-0.4, -0.2) is 18.9 Å². The fraction of sp³-hybridized carbons (Fsp3) is 0.222. The second kappa shape index (κ2) is 9.09. The lowest BCUT2D eigenvalue weighted by Crippen LogP contribution is -2.21. The van der Waals surface area contributed by atoms with Crippen LogP contribution in [0.3, 0.4) is 0 Å². The molecule has 3 aromatic rings. The van der Waals surface area contributed by atoms with Crippen LogP contribution < -0.4 is 14.4 Å². The van der Waals surface area contributed by atoms with Crippen molar-refractivity contribution in [2.45, 2.75) is 27.4 Å². The molecule has 158 valence electrons. The molecule has 0 saturated heterocycles. The summed E-state index contributed by atoms with van der Waals surface area (Å²) in [6, 6.07) is 21.8. The zero-order valence-electron chi connectivity index (χ0n) is 18.2. The van der Waals surface area contributed by atoms with Gasteiger partial charge in [0.15, 0.2) is 5.76 Å². The van der Waals surface area contributed by atoms with Gasteiger partial charge < -0.3 is 14.4 Å². The fourth-order valence-electron chi connectivity index (χ4n) is 3.78. The van der Waals surface area contributed by atoms with E-state index in [-0.39, 0.29) is 5.78 Å². The van der Waals surface area contributed by atoms with E-state index in [1.54, 1.807) is 12.1 Å². The van der Waals surface area contributed by atoms with Crippen molar-refractivity contribution in [3.8, 4) is 11.5 Å². The molecule has 0 atom stereocenters. The molecule has 0 amide bonds. The van der Waals surface area contributed by atoms with Gasteiger partial charge in [0, 0.05) is 24.3 Å². The number of carbonyl (C=O) groups excluding carboxylic acids is 1. The smallest absolute Gasteiger partial charge is 0.231 e. The summed E-state index contributed by atoms with van der Waals surface area (Å²) < 4.78 is 12.0. The highest BCUT2D eigenvalue weighted by Gasteiger charge is 2.30. The molecule has 4 nitrogen and oxygen atoms in total. The molecule has 0 radical (unpaired) electrons. The van der Waals surface area contributed by atoms with Crippen LogP contribution in [0.25, 0.3) is 6.08 Å². The Kier molecular flexibility index (Phi) is 6.08. The molecule has 0 fully saturated rings. The molecule has 0 unspecified atom stereocenters. The summed E-state index contributed by atoms with van der Waals surface area (Å²) in [7, 11) is 0. The Morgan fingerprint density at radius 1 is 0.935 bits per heavy atom. The number of rotatable bonds is 7. The van der Waals surface area contributed by atoms with Gasteiger partial charge in [-0.05, 0) is 62.2 Å². The first-order valence-corrected chi connectivity index (χ1v) is 10.7. The van der Waals surface area contributed by atoms with Gasteiger partial charge in [-0.25, -0.2) is 0 Å². The second-order valence-corrected chi connectivity index (χ2v) is 7.54. The summed E-state index contributed by atoms with van der Waals surface area (Å²) in [6.07, 6.45) is 1.80. The molecular weight excluding hydrogens is 386 g/mol. The van der Waals surface area contributed by atoms with Crippen molar-refractivity contribution in [1.82, 2.24) is 0 Å². The number of nitrogens with zero attached hydrogens (tertiary/aromatic N) is 1. The molecule has 0 aromatic heterocycles. The van der Waals surface area contributed by atoms with E-state index in [0.717, 1.165) is 35.5 Å². The Morgan fingerprint density at radius 2 is 1.65 bits per heavy atom. The lowest BCUT2D eigenvalue weighted by atomic mass is 10.1. The number of ether oxygens (including phenoxy) is 2. The van der Waals surface area contributed by atoms with Gasteiger partial charge in [0.1, 0.15) is 18.1 Å². The normalized spacial score (nSPS) is 13.8. The predicted octanol–water partition coefficient (Wildman–Crippen LogP) is 6.04. The van der Waals surface area contributed by atoms with Gasteiger partial charge in [-0.2, -0.15) is 0 Å². The van der Waals surface area contributed by atoms with E-state index in [4.69, 9.17) is 9.47 Å². The molecule has 1 aliphatic heterocycles. The number of anilines is 1. The Morgan fingerprint density at radius 3 is 2.32 bits per heavy atom. The summed E-state index contributed by atoms with van der Waals surface area (Å²) in [5.74, 6) is 1.55. The molecule has 0 N–H and O–H groups in total. The average Bonchev–Trinajstić information content (AvgIpc) is 3.12. The Bertz CT molecular complexity index is 1100. The molecule has 0 spiro atoms. The third-order valence-electron chi connectivity index (χ3n) is 5.59. The number of ketones is 1. The number of allylic oxidation sites excluding steroid dienone is 1. The molecule has 4 rings (SSSR count). The van der Waals surface area contributed by atoms with Crippen LogP contribution >= 0.6 is 0 Å². The molecule has 3 aromatic carbocycles. The third kappa shape index (κ3) is 4.33. The number of hydrogen-bond donors (Lipinski definition) is 0. The van der Waals surface area contributed by atoms with Crippen LogP contribution in [0.4, 0.5) is 5.69 Å². The van der Waals surface area contributed by atoms with E-state index in [1.165, 1.54) is 5.69 Å². The minimum atomic E-state index is -0.0967. The third-order valence-corrected chi connectivity index (χ3v) is 5.59. The zero-order valence-corrected chi connectivity index (χ0v) is 18.2. The standard InChI is InChI=1S/C27H27NO3/c1-4-28(5-2)22-13-11-20(12-14-22)17-25-26(29)23-15-16-24(19(3)27(23)31-25)30-18-21-9-7-6-8-10-21/h6-17H,4-5,18H2,1-3H3/b25-17-. The highest BCUT2D eigenvalue weighted by Crippen LogP contribution is 2.39. The van der Waals surface area contributed by atoms with Crippen molar-refractivity contribution in [3.63, 3.8) is 0 Å². The van der Waals surface area contributed by atoms with Gasteiger partial charge in [-0.3, -0.25) is 4.79 Å². The lowest BCUT2D eigenvalue weighted by molar-refractivity contribution is 0.101. The van der Waals surface area contributed by atoms with Gasteiger partial charge in [-0.15, -0.1) is 0 Å². The van der Waals surface area contributed by atoms with Crippen molar-refractivity contribution in [2.75, 3.05) is 18.0 Å². The van der Waals surface area contributed by atoms with Gasteiger partial charge >= 0.3 is 0 Å². The molecule has 0 saturated carbocycles. The van der Waals surface area contributed by atoms with E-state index < -0.39 is 0 Å². The molecular formula is C27H27NO3. The average molecular weight is 414 g/mol. The van der Waals surface area contributed by atoms with Crippen molar-refractivity contribution >= 4 is 17.5 Å². The first-order chi connectivity index (χ1) is 15.1. The SMILES string of the molecule is CCN(CC)c1ccc(/C=C2\Oc3c(ccc(OCc4ccccc4)c3C)C2=O)cc1. The second-order valence-electron chi connectivity index (χ2n) is 7.54. The van der Waals surface area contributed by atoms with Crippen LogP contribution in [0.15, 0.2) is 72.5 Å². The van der Waals surface area contributed by atoms with E-state index in [0.29, 0.717) is 23.7 Å². The van der Waals surface area contributed by atoms with Crippen LogP contribution in [0, 0.1) is 6.92 Å². The van der Waals surface area contributed by atoms with Crippen LogP contribution in [0.1, 0.15) is 40.9 Å². The first-order valence-electron chi connectivity index (χ1n) is 10.7. The van der Waals surface area contributed by atoms with E-state index >= 15 is 0 Å². The minimum absolute atomic E-state index is 0.0967. The van der Waals surface area contributed by atoms with Crippen molar-refractivity contribution in [2.24, 2.45) is 0 Å². The van der Waals surface area contributed by atoms with Gasteiger partial charge in [-0.1, -0.05) is 42.5 Å². The molecule has 1 aliphatic rings. The summed E-state index contributed by atoms with van der Waals surface area (Å²) in [6.45, 7) is 8.59. The summed E-state index contributed by atoms with van der Waals surface area (Å²) >= 11 is 0. The number of benzene rings is 3. The molecule has 31 heavy (non-hydrogen) atoms. The largest absolute Gasteiger partial charge is 0.488 e. The first kappa shape index (κ1) is 20.7. The number of hydrogen-bond acceptors (Lipinski definition) is 4. The fourth-order valence-corrected chi connectivity index (χ4v) is 3.78. The van der Waals surface area contributed by atoms with E-state index in [2.05, 4.69) is 30.9 Å². The minimum Gasteiger partial charge on any atom is -0.488 e. The topological polar surface area (TPSA) is 38.8 Å². The predicted molar refractivity (Wildman–Crippen MR) is 125 cm³/mol. The van der Waals surface area contributed by atoms with E-state index in [9.17, 15) is 4.79 Å². The highest BCUT2D eigenvalue weighted by molar-refractivity contribution is 6.15. The van der Waals surface area contributed by atoms with Crippen LogP contribution in [0.2, 0.25) is 0 Å². The van der Waals surface area contributed by atoms with Crippen LogP contribution in [0.5, 0.6) is 11.5 Å². The van der Waals surface area contributed by atoms with Crippen molar-refractivity contribution in [3.05, 3.63) is 94.7 Å². The number of carbonyl (C=O) groups is 1. The molecule has 0 aliphatic carbocycles. The molecule has 0 bridgehead atoms. The quantitative estimate of drug-likeness (QED) is 0.443. The Hall–Kier alpha value is -3.53. The maximum Gasteiger partial charge on any atom is 0.231 e. The number of fused-ring (bicyclic) bond motifs is 1. The zero-order chi connectivity index (χ0) is 21.8. The Labute approximate surface area is 183 Å². The van der Waals surface area contributed by atoms with Crippen LogP contribution in [-0.2, 0) is 6.61 Å². The monoisotopic (exact) mass is 413 g/mol. The number of Topliss-reactive ketones (excluding diaryl/α,β-unsaturated/α-hetero) is 1. The van der Waals surface area contributed by atoms with Gasteiger partial charge in [0.05, 0.1) is 5.56 Å². The summed E-state index contributed by atoms with van der Waals surface area (Å²) in [5, 5.41) is 0. The van der Waals surface area contributed by atoms with E-state index in [1.807, 2.05) is 55.5 Å². The van der Waals surface area contributed by atoms with Gasteiger partial charge in [0.2, 0.25) is 5.78 Å². The molecule has 1 heterocycles. The Balaban J connectivity index is 1.52. The lowest BCUT2D eigenvalue weighted by Gasteiger charge is -2.20. The highest BCUT2D eigenvalue weighted by atomic mass is 16.5. The maximum atomic E-state index is 12.9.